The molecule has 0 saturated carbocycles. The van der Waals surface area contributed by atoms with E-state index in [4.69, 9.17) is 9.84 Å². The zero-order valence-electron chi connectivity index (χ0n) is 8.63. The van der Waals surface area contributed by atoms with Crippen molar-refractivity contribution in [3.8, 4) is 0 Å². The number of methoxy groups -OCH3 is 1. The first-order valence-corrected chi connectivity index (χ1v) is 5.22. The van der Waals surface area contributed by atoms with Gasteiger partial charge in [0, 0.05) is 10.9 Å². The third kappa shape index (κ3) is 3.96. The Labute approximate surface area is 92.6 Å². The first kappa shape index (κ1) is 13.2. The summed E-state index contributed by atoms with van der Waals surface area (Å²) in [5.41, 5.74) is 0.256. The first-order chi connectivity index (χ1) is 6.56. The van der Waals surface area contributed by atoms with Gasteiger partial charge in [0.25, 0.3) is 0 Å². The normalized spacial score (nSPS) is 13.6. The molecule has 0 aliphatic rings. The summed E-state index contributed by atoms with van der Waals surface area (Å²) in [5.74, 6) is -0.283. The van der Waals surface area contributed by atoms with Crippen LogP contribution >= 0.6 is 15.9 Å². The lowest BCUT2D eigenvalue weighted by molar-refractivity contribution is -0.132. The van der Waals surface area contributed by atoms with Crippen molar-refractivity contribution >= 4 is 21.9 Å². The standard InChI is InChI=1S/C10H15BrO3/c1-4-7(14-3)6-8(10(12)13)9(11)5-2/h6H,4-5H2,1-3H3,(H,12,13)/b7-6+,9-8-. The van der Waals surface area contributed by atoms with E-state index >= 15 is 0 Å². The van der Waals surface area contributed by atoms with Gasteiger partial charge < -0.3 is 9.84 Å². The number of carbonyl (C=O) groups is 1. The fourth-order valence-corrected chi connectivity index (χ4v) is 1.20. The summed E-state index contributed by atoms with van der Waals surface area (Å²) in [6.07, 6.45) is 2.88. The van der Waals surface area contributed by atoms with Gasteiger partial charge in [0.05, 0.1) is 18.4 Å². The van der Waals surface area contributed by atoms with Crippen LogP contribution in [0.5, 0.6) is 0 Å². The van der Waals surface area contributed by atoms with Crippen LogP contribution in [0.1, 0.15) is 26.7 Å². The fraction of sp³-hybridized carbons (Fsp3) is 0.500. The smallest absolute Gasteiger partial charge is 0.336 e. The van der Waals surface area contributed by atoms with Gasteiger partial charge in [-0.1, -0.05) is 29.8 Å². The van der Waals surface area contributed by atoms with E-state index in [2.05, 4.69) is 15.9 Å². The van der Waals surface area contributed by atoms with Crippen LogP contribution in [0.4, 0.5) is 0 Å². The molecule has 4 heteroatoms. The lowest BCUT2D eigenvalue weighted by Gasteiger charge is -2.04. The number of carboxylic acid groups (broad SMARTS) is 1. The number of halogens is 1. The summed E-state index contributed by atoms with van der Waals surface area (Å²) in [6.45, 7) is 3.80. The molecule has 0 heterocycles. The Hall–Kier alpha value is -0.770. The van der Waals surface area contributed by atoms with Crippen molar-refractivity contribution < 1.29 is 14.6 Å². The largest absolute Gasteiger partial charge is 0.501 e. The van der Waals surface area contributed by atoms with Gasteiger partial charge in [-0.05, 0) is 12.5 Å². The topological polar surface area (TPSA) is 46.5 Å². The van der Waals surface area contributed by atoms with Gasteiger partial charge in [0.15, 0.2) is 0 Å². The zero-order valence-corrected chi connectivity index (χ0v) is 10.2. The lowest BCUT2D eigenvalue weighted by atomic mass is 10.2. The van der Waals surface area contributed by atoms with Crippen molar-refractivity contribution in [1.29, 1.82) is 0 Å². The van der Waals surface area contributed by atoms with Gasteiger partial charge in [0.1, 0.15) is 0 Å². The molecule has 0 spiro atoms. The maximum Gasteiger partial charge on any atom is 0.336 e. The Morgan fingerprint density at radius 3 is 2.29 bits per heavy atom. The minimum Gasteiger partial charge on any atom is -0.501 e. The molecule has 0 aliphatic carbocycles. The van der Waals surface area contributed by atoms with Crippen molar-refractivity contribution in [3.63, 3.8) is 0 Å². The monoisotopic (exact) mass is 262 g/mol. The summed E-state index contributed by atoms with van der Waals surface area (Å²) < 4.78 is 5.69. The molecule has 0 aromatic rings. The Balaban J connectivity index is 5.05. The molecular weight excluding hydrogens is 248 g/mol. The van der Waals surface area contributed by atoms with E-state index in [1.807, 2.05) is 13.8 Å². The second-order valence-electron chi connectivity index (χ2n) is 2.65. The molecule has 0 radical (unpaired) electrons. The van der Waals surface area contributed by atoms with E-state index in [0.717, 1.165) is 0 Å². The molecular formula is C10H15BrO3. The summed E-state index contributed by atoms with van der Waals surface area (Å²) in [5, 5.41) is 8.93. The van der Waals surface area contributed by atoms with Gasteiger partial charge >= 0.3 is 5.97 Å². The van der Waals surface area contributed by atoms with Gasteiger partial charge in [-0.15, -0.1) is 0 Å². The van der Waals surface area contributed by atoms with Crippen LogP contribution < -0.4 is 0 Å². The van der Waals surface area contributed by atoms with Crippen LogP contribution in [0.2, 0.25) is 0 Å². The van der Waals surface area contributed by atoms with Crippen LogP contribution in [0, 0.1) is 0 Å². The Kier molecular flexibility index (Phi) is 6.28. The molecule has 0 aromatic heterocycles. The average molecular weight is 263 g/mol. The van der Waals surface area contributed by atoms with Crippen LogP contribution in [-0.2, 0) is 9.53 Å². The maximum atomic E-state index is 10.9. The molecule has 3 nitrogen and oxygen atoms in total. The van der Waals surface area contributed by atoms with E-state index in [9.17, 15) is 4.79 Å². The third-order valence-electron chi connectivity index (χ3n) is 1.75. The van der Waals surface area contributed by atoms with Gasteiger partial charge in [-0.3, -0.25) is 0 Å². The molecule has 0 amide bonds. The van der Waals surface area contributed by atoms with Crippen molar-refractivity contribution in [2.24, 2.45) is 0 Å². The molecule has 0 rings (SSSR count). The predicted molar refractivity (Wildman–Crippen MR) is 59.3 cm³/mol. The average Bonchev–Trinajstić information content (AvgIpc) is 2.18. The Morgan fingerprint density at radius 2 is 2.00 bits per heavy atom. The van der Waals surface area contributed by atoms with Crippen molar-refractivity contribution in [3.05, 3.63) is 21.9 Å². The highest BCUT2D eigenvalue weighted by Crippen LogP contribution is 2.19. The number of hydrogen-bond acceptors (Lipinski definition) is 2. The highest BCUT2D eigenvalue weighted by molar-refractivity contribution is 9.11. The van der Waals surface area contributed by atoms with E-state index in [1.54, 1.807) is 6.08 Å². The molecule has 80 valence electrons. The van der Waals surface area contributed by atoms with E-state index in [0.29, 0.717) is 23.1 Å². The molecule has 0 aliphatic heterocycles. The van der Waals surface area contributed by atoms with Crippen LogP contribution in [0.25, 0.3) is 0 Å². The molecule has 0 unspecified atom stereocenters. The number of aliphatic carboxylic acids is 1. The predicted octanol–water partition coefficient (Wildman–Crippen LogP) is 3.07. The number of carboxylic acids is 1. The number of rotatable bonds is 5. The molecule has 0 atom stereocenters. The second-order valence-corrected chi connectivity index (χ2v) is 3.60. The maximum absolute atomic E-state index is 10.9. The lowest BCUT2D eigenvalue weighted by Crippen LogP contribution is -2.01. The minimum absolute atomic E-state index is 0.256. The molecule has 1 N–H and O–H groups in total. The van der Waals surface area contributed by atoms with Crippen molar-refractivity contribution in [2.45, 2.75) is 26.7 Å². The minimum atomic E-state index is -0.943. The zero-order chi connectivity index (χ0) is 11.1. The number of allylic oxidation sites excluding steroid dienone is 2. The summed E-state index contributed by atoms with van der Waals surface area (Å²) in [6, 6.07) is 0. The molecule has 0 fully saturated rings. The number of hydrogen-bond donors (Lipinski definition) is 1. The van der Waals surface area contributed by atoms with Crippen molar-refractivity contribution in [1.82, 2.24) is 0 Å². The highest BCUT2D eigenvalue weighted by atomic mass is 79.9. The molecule has 14 heavy (non-hydrogen) atoms. The molecule has 0 bridgehead atoms. The summed E-state index contributed by atoms with van der Waals surface area (Å²) >= 11 is 3.23. The van der Waals surface area contributed by atoms with Crippen LogP contribution in [-0.4, -0.2) is 18.2 Å². The SMILES string of the molecule is CC/C(Br)=C(\C=C(/CC)OC)C(=O)O. The molecule has 0 aromatic carbocycles. The van der Waals surface area contributed by atoms with E-state index in [1.165, 1.54) is 7.11 Å². The van der Waals surface area contributed by atoms with E-state index in [-0.39, 0.29) is 5.57 Å². The van der Waals surface area contributed by atoms with E-state index < -0.39 is 5.97 Å². The van der Waals surface area contributed by atoms with Crippen molar-refractivity contribution in [2.75, 3.05) is 7.11 Å². The summed E-state index contributed by atoms with van der Waals surface area (Å²) in [7, 11) is 1.54. The molecule has 0 saturated heterocycles. The van der Waals surface area contributed by atoms with Gasteiger partial charge in [-0.25, -0.2) is 4.79 Å². The highest BCUT2D eigenvalue weighted by Gasteiger charge is 2.10. The fourth-order valence-electron chi connectivity index (χ4n) is 0.913. The Bertz CT molecular complexity index is 261. The first-order valence-electron chi connectivity index (χ1n) is 4.43. The van der Waals surface area contributed by atoms with Crippen LogP contribution in [0.3, 0.4) is 0 Å². The van der Waals surface area contributed by atoms with Gasteiger partial charge in [0.2, 0.25) is 0 Å². The Morgan fingerprint density at radius 1 is 1.43 bits per heavy atom. The summed E-state index contributed by atoms with van der Waals surface area (Å²) in [4.78, 5) is 10.9. The van der Waals surface area contributed by atoms with Crippen LogP contribution in [0.15, 0.2) is 21.9 Å². The number of ether oxygens (including phenoxy) is 1. The third-order valence-corrected chi connectivity index (χ3v) is 2.74. The van der Waals surface area contributed by atoms with Gasteiger partial charge in [-0.2, -0.15) is 0 Å². The quantitative estimate of drug-likeness (QED) is 0.471. The second kappa shape index (κ2) is 6.65.